The molecule has 6 rings (SSSR count). The number of furan rings is 1. The third-order valence-electron chi connectivity index (χ3n) is 9.16. The van der Waals surface area contributed by atoms with Crippen LogP contribution in [0.5, 0.6) is 5.75 Å². The summed E-state index contributed by atoms with van der Waals surface area (Å²) < 4.78 is 5.31. The van der Waals surface area contributed by atoms with Crippen LogP contribution >= 0.6 is 0 Å². The number of aromatic hydroxyl groups is 1. The number of nitrogens with two attached hydrogens (primary N) is 1. The zero-order valence-electron chi connectivity index (χ0n) is 21.4. The van der Waals surface area contributed by atoms with Crippen LogP contribution in [0.3, 0.4) is 0 Å². The maximum absolute atomic E-state index is 14.1. The minimum atomic E-state index is -2.66. The SMILES string of the molecule is NC(=O)C1C(=O)CC2CC3Cc4c(-c5ccoc5)cc(CN5CCCCC5)c(O)c4C(=O)C3C(=O)[C@]2(O)C1=O. The Hall–Kier alpha value is -3.63. The van der Waals surface area contributed by atoms with Gasteiger partial charge in [-0.15, -0.1) is 0 Å². The van der Waals surface area contributed by atoms with Crippen molar-refractivity contribution in [1.82, 2.24) is 4.90 Å². The normalized spacial score (nSPS) is 31.0. The molecule has 2 aromatic rings. The summed E-state index contributed by atoms with van der Waals surface area (Å²) >= 11 is 0. The van der Waals surface area contributed by atoms with Crippen molar-refractivity contribution in [3.63, 3.8) is 0 Å². The van der Waals surface area contributed by atoms with Gasteiger partial charge in [-0.3, -0.25) is 28.9 Å². The van der Waals surface area contributed by atoms with Crippen LogP contribution in [0.15, 0.2) is 29.1 Å². The van der Waals surface area contributed by atoms with Gasteiger partial charge >= 0.3 is 0 Å². The molecule has 10 heteroatoms. The first kappa shape index (κ1) is 25.6. The molecule has 10 nitrogen and oxygen atoms in total. The summed E-state index contributed by atoms with van der Waals surface area (Å²) in [6, 6.07) is 3.63. The van der Waals surface area contributed by atoms with Gasteiger partial charge in [-0.2, -0.15) is 0 Å². The third kappa shape index (κ3) is 3.80. The van der Waals surface area contributed by atoms with Crippen LogP contribution < -0.4 is 5.73 Å². The highest BCUT2D eigenvalue weighted by Crippen LogP contribution is 2.51. The summed E-state index contributed by atoms with van der Waals surface area (Å²) in [4.78, 5) is 67.6. The number of phenolic OH excluding ortho intramolecular Hbond substituents is 1. The second-order valence-corrected chi connectivity index (χ2v) is 11.4. The fourth-order valence-corrected chi connectivity index (χ4v) is 7.24. The van der Waals surface area contributed by atoms with Crippen molar-refractivity contribution in [2.24, 2.45) is 29.4 Å². The number of piperidine rings is 1. The number of phenols is 1. The van der Waals surface area contributed by atoms with Crippen LogP contribution in [0.4, 0.5) is 0 Å². The average molecular weight is 535 g/mol. The lowest BCUT2D eigenvalue weighted by atomic mass is 9.53. The van der Waals surface area contributed by atoms with Gasteiger partial charge < -0.3 is 20.4 Å². The number of rotatable bonds is 4. The van der Waals surface area contributed by atoms with Crippen molar-refractivity contribution >= 4 is 29.0 Å². The number of amides is 1. The number of hydrogen-bond donors (Lipinski definition) is 3. The molecule has 3 aliphatic carbocycles. The maximum Gasteiger partial charge on any atom is 0.235 e. The molecule has 0 radical (unpaired) electrons. The zero-order valence-corrected chi connectivity index (χ0v) is 21.4. The molecule has 39 heavy (non-hydrogen) atoms. The molecule has 1 amide bonds. The fraction of sp³-hybridized carbons (Fsp3) is 0.483. The smallest absolute Gasteiger partial charge is 0.235 e. The maximum atomic E-state index is 14.1. The fourth-order valence-electron chi connectivity index (χ4n) is 7.24. The van der Waals surface area contributed by atoms with Crippen LogP contribution in [0, 0.1) is 23.7 Å². The van der Waals surface area contributed by atoms with Crippen LogP contribution in [0.2, 0.25) is 0 Å². The number of hydrogen-bond acceptors (Lipinski definition) is 9. The van der Waals surface area contributed by atoms with Gasteiger partial charge in [0.1, 0.15) is 5.75 Å². The second kappa shape index (κ2) is 9.24. The Morgan fingerprint density at radius 1 is 1.10 bits per heavy atom. The molecule has 0 bridgehead atoms. The largest absolute Gasteiger partial charge is 0.507 e. The van der Waals surface area contributed by atoms with E-state index >= 15 is 0 Å². The summed E-state index contributed by atoms with van der Waals surface area (Å²) in [5, 5.41) is 22.8. The van der Waals surface area contributed by atoms with Gasteiger partial charge in [-0.25, -0.2) is 0 Å². The van der Waals surface area contributed by atoms with E-state index < -0.39 is 58.3 Å². The van der Waals surface area contributed by atoms with Crippen molar-refractivity contribution in [2.75, 3.05) is 13.1 Å². The molecule has 1 aromatic carbocycles. The number of carbonyl (C=O) groups excluding carboxylic acids is 5. The van der Waals surface area contributed by atoms with Crippen LogP contribution in [-0.4, -0.2) is 62.8 Å². The monoisotopic (exact) mass is 534 g/mol. The van der Waals surface area contributed by atoms with E-state index in [1.54, 1.807) is 12.3 Å². The first-order chi connectivity index (χ1) is 18.6. The number of nitrogens with zero attached hydrogens (tertiary/aromatic N) is 1. The van der Waals surface area contributed by atoms with E-state index in [9.17, 15) is 34.2 Å². The van der Waals surface area contributed by atoms with Gasteiger partial charge in [0.25, 0.3) is 0 Å². The van der Waals surface area contributed by atoms with Gasteiger partial charge in [0, 0.05) is 30.0 Å². The van der Waals surface area contributed by atoms with E-state index in [1.807, 2.05) is 6.07 Å². The molecular formula is C29H30N2O8. The Morgan fingerprint density at radius 3 is 2.51 bits per heavy atom. The Kier molecular flexibility index (Phi) is 6.07. The molecule has 1 saturated heterocycles. The number of fused-ring (bicyclic) bond motifs is 3. The highest BCUT2D eigenvalue weighted by atomic mass is 16.3. The second-order valence-electron chi connectivity index (χ2n) is 11.4. The summed E-state index contributed by atoms with van der Waals surface area (Å²) in [7, 11) is 0. The van der Waals surface area contributed by atoms with Crippen molar-refractivity contribution in [3.8, 4) is 16.9 Å². The van der Waals surface area contributed by atoms with Crippen molar-refractivity contribution in [2.45, 2.75) is 50.7 Å². The Balaban J connectivity index is 1.45. The van der Waals surface area contributed by atoms with Gasteiger partial charge in [0.15, 0.2) is 34.7 Å². The predicted octanol–water partition coefficient (Wildman–Crippen LogP) is 1.57. The summed E-state index contributed by atoms with van der Waals surface area (Å²) in [5.41, 5.74) is 5.18. The molecular weight excluding hydrogens is 504 g/mol. The van der Waals surface area contributed by atoms with E-state index in [1.165, 1.54) is 6.26 Å². The Labute approximate surface area is 224 Å². The number of benzene rings is 1. The minimum Gasteiger partial charge on any atom is -0.507 e. The van der Waals surface area contributed by atoms with Gasteiger partial charge in [0.2, 0.25) is 5.91 Å². The molecule has 4 unspecified atom stereocenters. The van der Waals surface area contributed by atoms with Crippen molar-refractivity contribution < 1.29 is 38.6 Å². The Morgan fingerprint density at radius 2 is 1.85 bits per heavy atom. The number of ketones is 4. The van der Waals surface area contributed by atoms with Crippen LogP contribution in [0.25, 0.3) is 11.1 Å². The van der Waals surface area contributed by atoms with Gasteiger partial charge in [-0.05, 0) is 68.0 Å². The molecule has 1 aliphatic heterocycles. The topological polar surface area (TPSA) is 168 Å². The quantitative estimate of drug-likeness (QED) is 0.493. The lowest BCUT2D eigenvalue weighted by Crippen LogP contribution is -2.68. The molecule has 4 N–H and O–H groups in total. The summed E-state index contributed by atoms with van der Waals surface area (Å²) in [5.74, 6) is -10.0. The molecule has 1 aromatic heterocycles. The van der Waals surface area contributed by atoms with Crippen LogP contribution in [-0.2, 0) is 32.1 Å². The van der Waals surface area contributed by atoms with Crippen LogP contribution in [0.1, 0.15) is 53.6 Å². The van der Waals surface area contributed by atoms with Gasteiger partial charge in [0.05, 0.1) is 24.0 Å². The van der Waals surface area contributed by atoms with E-state index in [0.29, 0.717) is 23.2 Å². The number of Topliss-reactive ketones (excluding diaryl/α,β-unsaturated/α-hetero) is 4. The van der Waals surface area contributed by atoms with E-state index in [-0.39, 0.29) is 30.6 Å². The first-order valence-corrected chi connectivity index (χ1v) is 13.4. The third-order valence-corrected chi connectivity index (χ3v) is 9.16. The molecule has 0 spiro atoms. The molecule has 5 atom stereocenters. The van der Waals surface area contributed by atoms with E-state index in [0.717, 1.165) is 37.9 Å². The van der Waals surface area contributed by atoms with Crippen molar-refractivity contribution in [3.05, 3.63) is 41.3 Å². The summed E-state index contributed by atoms with van der Waals surface area (Å²) in [6.07, 6.45) is 6.22. The predicted molar refractivity (Wildman–Crippen MR) is 135 cm³/mol. The number of aliphatic hydroxyl groups is 1. The summed E-state index contributed by atoms with van der Waals surface area (Å²) in [6.45, 7) is 2.15. The Bertz CT molecular complexity index is 1410. The first-order valence-electron chi connectivity index (χ1n) is 13.4. The van der Waals surface area contributed by atoms with E-state index in [2.05, 4.69) is 4.90 Å². The molecule has 2 saturated carbocycles. The highest BCUT2D eigenvalue weighted by Gasteiger charge is 2.66. The molecule has 4 aliphatic rings. The van der Waals surface area contributed by atoms with Crippen molar-refractivity contribution in [1.29, 1.82) is 0 Å². The highest BCUT2D eigenvalue weighted by molar-refractivity contribution is 6.31. The number of carbonyl (C=O) groups is 5. The lowest BCUT2D eigenvalue weighted by molar-refractivity contribution is -0.175. The standard InChI is InChI=1S/C29H30N2O8/c30-28(37)23-20(32)11-17-8-15-9-19-18(14-4-7-39-13-14)10-16(12-31-5-2-1-3-6-31)24(33)22(19)25(34)21(15)26(35)29(17,38)27(23)36/h4,7,10,13,15,17,21,23,33,38H,1-3,5-6,8-9,11-12H2,(H2,30,37)/t15?,17?,21?,23?,29-/m0/s1. The van der Waals surface area contributed by atoms with Gasteiger partial charge in [-0.1, -0.05) is 6.42 Å². The lowest BCUT2D eigenvalue weighted by Gasteiger charge is -2.48. The molecule has 2 heterocycles. The van der Waals surface area contributed by atoms with E-state index in [4.69, 9.17) is 10.2 Å². The number of primary amides is 1. The minimum absolute atomic E-state index is 0.0168. The molecule has 204 valence electrons. The average Bonchev–Trinajstić information content (AvgIpc) is 3.43. The zero-order chi connectivity index (χ0) is 27.6. The number of likely N-dealkylation sites (tertiary alicyclic amines) is 1. The molecule has 3 fully saturated rings.